The largest absolute Gasteiger partial charge is 0.331 e. The smallest absolute Gasteiger partial charge is 0.178 e. The zero-order chi connectivity index (χ0) is 13.2. The van der Waals surface area contributed by atoms with Crippen LogP contribution >= 0.6 is 12.2 Å². The average molecular weight is 269 g/mol. The summed E-state index contributed by atoms with van der Waals surface area (Å²) < 4.78 is 0. The van der Waals surface area contributed by atoms with Crippen LogP contribution in [0.4, 0.5) is 11.4 Å². The maximum atomic E-state index is 5.54. The van der Waals surface area contributed by atoms with Crippen molar-refractivity contribution in [2.45, 2.75) is 19.4 Å². The number of anilines is 2. The zero-order valence-corrected chi connectivity index (χ0v) is 11.5. The van der Waals surface area contributed by atoms with Gasteiger partial charge < -0.3 is 10.2 Å². The van der Waals surface area contributed by atoms with E-state index < -0.39 is 0 Å². The van der Waals surface area contributed by atoms with Gasteiger partial charge in [0.15, 0.2) is 5.11 Å². The van der Waals surface area contributed by atoms with Gasteiger partial charge in [0.05, 0.1) is 11.9 Å². The third-order valence-electron chi connectivity index (χ3n) is 3.34. The van der Waals surface area contributed by atoms with E-state index in [1.54, 1.807) is 12.4 Å². The standard InChI is InChI=1S/C15H15N3S/c1-11-9-12-5-2-3-7-14(12)18(11)15(19)17-13-6-4-8-16-10-13/h2-8,10-11H,9H2,1H3,(H,17,19). The average Bonchev–Trinajstić information content (AvgIpc) is 2.75. The number of nitrogens with one attached hydrogen (secondary N) is 1. The van der Waals surface area contributed by atoms with Crippen molar-refractivity contribution in [2.24, 2.45) is 0 Å². The molecule has 1 atom stereocenters. The van der Waals surface area contributed by atoms with Gasteiger partial charge in [-0.25, -0.2) is 0 Å². The highest BCUT2D eigenvalue weighted by molar-refractivity contribution is 7.80. The van der Waals surface area contributed by atoms with Crippen LogP contribution in [0.1, 0.15) is 12.5 Å². The fourth-order valence-electron chi connectivity index (χ4n) is 2.50. The monoisotopic (exact) mass is 269 g/mol. The number of nitrogens with zero attached hydrogens (tertiary/aromatic N) is 2. The molecule has 0 amide bonds. The van der Waals surface area contributed by atoms with Crippen LogP contribution in [0.2, 0.25) is 0 Å². The minimum absolute atomic E-state index is 0.383. The highest BCUT2D eigenvalue weighted by atomic mass is 32.1. The van der Waals surface area contributed by atoms with Crippen LogP contribution in [0.25, 0.3) is 0 Å². The Morgan fingerprint density at radius 3 is 2.95 bits per heavy atom. The fourth-order valence-corrected chi connectivity index (χ4v) is 2.89. The summed E-state index contributed by atoms with van der Waals surface area (Å²) in [6, 6.07) is 12.7. The van der Waals surface area contributed by atoms with E-state index in [1.165, 1.54) is 11.3 Å². The lowest BCUT2D eigenvalue weighted by atomic mass is 10.1. The molecule has 0 aliphatic carbocycles. The molecule has 1 unspecified atom stereocenters. The summed E-state index contributed by atoms with van der Waals surface area (Å²) >= 11 is 5.54. The predicted molar refractivity (Wildman–Crippen MR) is 82.5 cm³/mol. The number of para-hydroxylation sites is 1. The van der Waals surface area contributed by atoms with Crippen molar-refractivity contribution in [2.75, 3.05) is 10.2 Å². The van der Waals surface area contributed by atoms with E-state index in [0.29, 0.717) is 6.04 Å². The third-order valence-corrected chi connectivity index (χ3v) is 3.64. The zero-order valence-electron chi connectivity index (χ0n) is 10.7. The second kappa shape index (κ2) is 4.97. The van der Waals surface area contributed by atoms with Gasteiger partial charge in [0.25, 0.3) is 0 Å². The lowest BCUT2D eigenvalue weighted by molar-refractivity contribution is 0.776. The molecule has 1 aliphatic rings. The first-order chi connectivity index (χ1) is 9.25. The van der Waals surface area contributed by atoms with Crippen LogP contribution in [-0.2, 0) is 6.42 Å². The molecule has 0 saturated heterocycles. The summed E-state index contributed by atoms with van der Waals surface area (Å²) in [4.78, 5) is 6.27. The molecule has 3 rings (SSSR count). The molecule has 2 heterocycles. The van der Waals surface area contributed by atoms with Crippen molar-refractivity contribution in [1.29, 1.82) is 0 Å². The summed E-state index contributed by atoms with van der Waals surface area (Å²) in [5.41, 5.74) is 3.48. The van der Waals surface area contributed by atoms with Crippen LogP contribution < -0.4 is 10.2 Å². The third kappa shape index (κ3) is 2.31. The van der Waals surface area contributed by atoms with Gasteiger partial charge in [0, 0.05) is 17.9 Å². The Labute approximate surface area is 118 Å². The van der Waals surface area contributed by atoms with Gasteiger partial charge in [-0.15, -0.1) is 0 Å². The quantitative estimate of drug-likeness (QED) is 0.805. The number of fused-ring (bicyclic) bond motifs is 1. The summed E-state index contributed by atoms with van der Waals surface area (Å²) in [5.74, 6) is 0. The van der Waals surface area contributed by atoms with Gasteiger partial charge in [0.1, 0.15) is 0 Å². The molecule has 4 heteroatoms. The van der Waals surface area contributed by atoms with Crippen molar-refractivity contribution in [3.05, 3.63) is 54.4 Å². The fraction of sp³-hybridized carbons (Fsp3) is 0.200. The molecule has 0 radical (unpaired) electrons. The molecule has 1 N–H and O–H groups in total. The molecule has 19 heavy (non-hydrogen) atoms. The lowest BCUT2D eigenvalue weighted by Crippen LogP contribution is -2.38. The van der Waals surface area contributed by atoms with Crippen LogP contribution in [0, 0.1) is 0 Å². The topological polar surface area (TPSA) is 28.2 Å². The number of hydrogen-bond donors (Lipinski definition) is 1. The molecule has 0 spiro atoms. The SMILES string of the molecule is CC1Cc2ccccc2N1C(=S)Nc1cccnc1. The molecule has 0 bridgehead atoms. The first-order valence-corrected chi connectivity index (χ1v) is 6.74. The maximum Gasteiger partial charge on any atom is 0.178 e. The maximum absolute atomic E-state index is 5.54. The van der Waals surface area contributed by atoms with Crippen molar-refractivity contribution in [3.8, 4) is 0 Å². The van der Waals surface area contributed by atoms with Crippen LogP contribution in [0.15, 0.2) is 48.8 Å². The predicted octanol–water partition coefficient (Wildman–Crippen LogP) is 3.23. The second-order valence-corrected chi connectivity index (χ2v) is 5.11. The molecule has 96 valence electrons. The van der Waals surface area contributed by atoms with Gasteiger partial charge >= 0.3 is 0 Å². The minimum atomic E-state index is 0.383. The molecule has 3 nitrogen and oxygen atoms in total. The number of aromatic nitrogens is 1. The summed E-state index contributed by atoms with van der Waals surface area (Å²) in [6.45, 7) is 2.19. The van der Waals surface area contributed by atoms with E-state index in [-0.39, 0.29) is 0 Å². The van der Waals surface area contributed by atoms with Gasteiger partial charge in [-0.2, -0.15) is 0 Å². The molecule has 0 saturated carbocycles. The Kier molecular flexibility index (Phi) is 3.17. The van der Waals surface area contributed by atoms with E-state index in [9.17, 15) is 0 Å². The van der Waals surface area contributed by atoms with Gasteiger partial charge in [-0.3, -0.25) is 4.98 Å². The molecular formula is C15H15N3S. The van der Waals surface area contributed by atoms with E-state index in [0.717, 1.165) is 17.2 Å². The lowest BCUT2D eigenvalue weighted by Gasteiger charge is -2.25. The Balaban J connectivity index is 1.84. The van der Waals surface area contributed by atoms with Gasteiger partial charge in [-0.05, 0) is 49.3 Å². The molecule has 2 aromatic rings. The summed E-state index contributed by atoms with van der Waals surface area (Å²) in [7, 11) is 0. The summed E-state index contributed by atoms with van der Waals surface area (Å²) in [5, 5.41) is 3.98. The van der Waals surface area contributed by atoms with Crippen LogP contribution in [0.3, 0.4) is 0 Å². The normalized spacial score (nSPS) is 17.1. The van der Waals surface area contributed by atoms with E-state index in [1.807, 2.05) is 12.1 Å². The van der Waals surface area contributed by atoms with Crippen molar-refractivity contribution in [3.63, 3.8) is 0 Å². The minimum Gasteiger partial charge on any atom is -0.331 e. The summed E-state index contributed by atoms with van der Waals surface area (Å²) in [6.07, 6.45) is 4.56. The van der Waals surface area contributed by atoms with E-state index >= 15 is 0 Å². The van der Waals surface area contributed by atoms with E-state index in [4.69, 9.17) is 12.2 Å². The number of thiocarbonyl (C=S) groups is 1. The number of benzene rings is 1. The number of hydrogen-bond acceptors (Lipinski definition) is 2. The Hall–Kier alpha value is -1.94. The van der Waals surface area contributed by atoms with E-state index in [2.05, 4.69) is 46.4 Å². The number of pyridine rings is 1. The number of rotatable bonds is 1. The van der Waals surface area contributed by atoms with Crippen molar-refractivity contribution < 1.29 is 0 Å². The highest BCUT2D eigenvalue weighted by Gasteiger charge is 2.28. The molecule has 1 aromatic carbocycles. The molecule has 1 aromatic heterocycles. The Bertz CT molecular complexity index is 597. The highest BCUT2D eigenvalue weighted by Crippen LogP contribution is 2.32. The first kappa shape index (κ1) is 12.1. The van der Waals surface area contributed by atoms with Gasteiger partial charge in [-0.1, -0.05) is 18.2 Å². The molecule has 1 aliphatic heterocycles. The van der Waals surface area contributed by atoms with Crippen molar-refractivity contribution >= 4 is 28.7 Å². The molecule has 0 fully saturated rings. The molecular weight excluding hydrogens is 254 g/mol. The Morgan fingerprint density at radius 2 is 2.16 bits per heavy atom. The van der Waals surface area contributed by atoms with Crippen LogP contribution in [0.5, 0.6) is 0 Å². The second-order valence-electron chi connectivity index (χ2n) is 4.72. The van der Waals surface area contributed by atoms with Crippen molar-refractivity contribution in [1.82, 2.24) is 4.98 Å². The Morgan fingerprint density at radius 1 is 1.32 bits per heavy atom. The van der Waals surface area contributed by atoms with Crippen LogP contribution in [-0.4, -0.2) is 16.1 Å². The first-order valence-electron chi connectivity index (χ1n) is 6.34. The van der Waals surface area contributed by atoms with Gasteiger partial charge in [0.2, 0.25) is 0 Å².